The zero-order valence-corrected chi connectivity index (χ0v) is 12.0. The second-order valence-corrected chi connectivity index (χ2v) is 5.95. The molecule has 2 fully saturated rings. The number of piperidine rings is 1. The minimum atomic E-state index is 0.0235. The Morgan fingerprint density at radius 1 is 1.25 bits per heavy atom. The van der Waals surface area contributed by atoms with Gasteiger partial charge in [0.15, 0.2) is 0 Å². The Hall–Kier alpha value is -1.49. The Morgan fingerprint density at radius 3 is 2.65 bits per heavy atom. The second-order valence-electron chi connectivity index (χ2n) is 5.95. The standard InChI is InChI=1S/C15H22N4O/c1-11-4-7-19(8-5-11)15(20)14-10-17-13(9-18-14)12-3-2-6-16-12/h9-12,16H,2-8H2,1H3/t12-/m0/s1. The number of hydrogen-bond donors (Lipinski definition) is 1. The van der Waals surface area contributed by atoms with E-state index < -0.39 is 0 Å². The van der Waals surface area contributed by atoms with Crippen LogP contribution in [0.15, 0.2) is 12.4 Å². The van der Waals surface area contributed by atoms with Crippen molar-refractivity contribution in [1.82, 2.24) is 20.2 Å². The van der Waals surface area contributed by atoms with E-state index in [1.54, 1.807) is 12.4 Å². The zero-order valence-electron chi connectivity index (χ0n) is 12.0. The number of carbonyl (C=O) groups excluding carboxylic acids is 1. The van der Waals surface area contributed by atoms with Crippen molar-refractivity contribution in [1.29, 1.82) is 0 Å². The summed E-state index contributed by atoms with van der Waals surface area (Å²) in [6.45, 7) is 4.96. The first kappa shape index (κ1) is 13.5. The minimum Gasteiger partial charge on any atom is -0.337 e. The molecule has 0 saturated carbocycles. The predicted octanol–water partition coefficient (Wildman–Crippen LogP) is 1.77. The van der Waals surface area contributed by atoms with Crippen molar-refractivity contribution in [2.45, 2.75) is 38.6 Å². The highest BCUT2D eigenvalue weighted by molar-refractivity contribution is 5.92. The van der Waals surface area contributed by atoms with Gasteiger partial charge in [0.25, 0.3) is 5.91 Å². The third-order valence-electron chi connectivity index (χ3n) is 4.38. The Kier molecular flexibility index (Phi) is 3.96. The van der Waals surface area contributed by atoms with Crippen LogP contribution in [0.5, 0.6) is 0 Å². The average Bonchev–Trinajstić information content (AvgIpc) is 3.02. The van der Waals surface area contributed by atoms with Crippen LogP contribution >= 0.6 is 0 Å². The fraction of sp³-hybridized carbons (Fsp3) is 0.667. The average molecular weight is 274 g/mol. The molecule has 1 amide bonds. The molecule has 0 radical (unpaired) electrons. The lowest BCUT2D eigenvalue weighted by Gasteiger charge is -2.29. The van der Waals surface area contributed by atoms with Crippen LogP contribution < -0.4 is 5.32 Å². The molecule has 1 aromatic heterocycles. The number of amides is 1. The Morgan fingerprint density at radius 2 is 2.05 bits per heavy atom. The molecular weight excluding hydrogens is 252 g/mol. The summed E-state index contributed by atoms with van der Waals surface area (Å²) in [6.07, 6.45) is 7.84. The van der Waals surface area contributed by atoms with E-state index in [9.17, 15) is 4.79 Å². The van der Waals surface area contributed by atoms with Crippen LogP contribution in [0.2, 0.25) is 0 Å². The molecule has 3 rings (SSSR count). The molecule has 0 aromatic carbocycles. The molecule has 1 atom stereocenters. The third kappa shape index (κ3) is 2.82. The van der Waals surface area contributed by atoms with Gasteiger partial charge in [0, 0.05) is 13.1 Å². The molecule has 108 valence electrons. The van der Waals surface area contributed by atoms with Crippen LogP contribution in [-0.2, 0) is 0 Å². The summed E-state index contributed by atoms with van der Waals surface area (Å²) in [5.74, 6) is 0.747. The molecule has 5 nitrogen and oxygen atoms in total. The van der Waals surface area contributed by atoms with E-state index in [0.29, 0.717) is 11.7 Å². The number of nitrogens with one attached hydrogen (secondary N) is 1. The molecule has 0 spiro atoms. The van der Waals surface area contributed by atoms with E-state index in [2.05, 4.69) is 22.2 Å². The van der Waals surface area contributed by atoms with Gasteiger partial charge in [-0.05, 0) is 38.1 Å². The summed E-state index contributed by atoms with van der Waals surface area (Å²) < 4.78 is 0. The largest absolute Gasteiger partial charge is 0.337 e. The van der Waals surface area contributed by atoms with Gasteiger partial charge in [-0.25, -0.2) is 4.98 Å². The predicted molar refractivity (Wildman–Crippen MR) is 76.3 cm³/mol. The molecule has 5 heteroatoms. The Balaban J connectivity index is 1.66. The van der Waals surface area contributed by atoms with E-state index in [-0.39, 0.29) is 5.91 Å². The van der Waals surface area contributed by atoms with Gasteiger partial charge in [0.1, 0.15) is 5.69 Å². The van der Waals surface area contributed by atoms with E-state index in [1.165, 1.54) is 6.42 Å². The molecule has 1 aromatic rings. The lowest BCUT2D eigenvalue weighted by molar-refractivity contribution is 0.0690. The fourth-order valence-electron chi connectivity index (χ4n) is 2.94. The highest BCUT2D eigenvalue weighted by atomic mass is 16.2. The third-order valence-corrected chi connectivity index (χ3v) is 4.38. The van der Waals surface area contributed by atoms with Gasteiger partial charge >= 0.3 is 0 Å². The summed E-state index contributed by atoms with van der Waals surface area (Å²) in [4.78, 5) is 23.0. The van der Waals surface area contributed by atoms with Crippen molar-refractivity contribution in [3.63, 3.8) is 0 Å². The molecule has 2 aliphatic heterocycles. The van der Waals surface area contributed by atoms with Gasteiger partial charge in [-0.2, -0.15) is 0 Å². The molecule has 1 N–H and O–H groups in total. The van der Waals surface area contributed by atoms with E-state index in [0.717, 1.165) is 50.5 Å². The lowest BCUT2D eigenvalue weighted by atomic mass is 9.99. The summed E-state index contributed by atoms with van der Waals surface area (Å²) in [5, 5.41) is 3.39. The molecule has 20 heavy (non-hydrogen) atoms. The first-order chi connectivity index (χ1) is 9.74. The van der Waals surface area contributed by atoms with Gasteiger partial charge in [-0.3, -0.25) is 9.78 Å². The van der Waals surface area contributed by atoms with Crippen molar-refractivity contribution >= 4 is 5.91 Å². The summed E-state index contributed by atoms with van der Waals surface area (Å²) >= 11 is 0. The Bertz CT molecular complexity index is 459. The van der Waals surface area contributed by atoms with Crippen molar-refractivity contribution in [3.8, 4) is 0 Å². The van der Waals surface area contributed by atoms with Crippen LogP contribution in [0.25, 0.3) is 0 Å². The number of nitrogens with zero attached hydrogens (tertiary/aromatic N) is 3. The number of carbonyl (C=O) groups is 1. The van der Waals surface area contributed by atoms with Crippen LogP contribution in [0.1, 0.15) is 54.8 Å². The van der Waals surface area contributed by atoms with Crippen molar-refractivity contribution in [2.24, 2.45) is 5.92 Å². The van der Waals surface area contributed by atoms with Crippen LogP contribution in [0, 0.1) is 5.92 Å². The van der Waals surface area contributed by atoms with E-state index >= 15 is 0 Å². The van der Waals surface area contributed by atoms with Gasteiger partial charge < -0.3 is 10.2 Å². The normalized spacial score (nSPS) is 24.1. The van der Waals surface area contributed by atoms with Gasteiger partial charge in [-0.1, -0.05) is 6.92 Å². The fourth-order valence-corrected chi connectivity index (χ4v) is 2.94. The van der Waals surface area contributed by atoms with Crippen LogP contribution in [0.3, 0.4) is 0 Å². The molecule has 0 unspecified atom stereocenters. The van der Waals surface area contributed by atoms with Crippen molar-refractivity contribution in [3.05, 3.63) is 23.8 Å². The van der Waals surface area contributed by atoms with E-state index in [1.807, 2.05) is 4.90 Å². The van der Waals surface area contributed by atoms with Gasteiger partial charge in [0.05, 0.1) is 24.1 Å². The SMILES string of the molecule is CC1CCN(C(=O)c2cnc([C@@H]3CCCN3)cn2)CC1. The number of likely N-dealkylation sites (tertiary alicyclic amines) is 1. The van der Waals surface area contributed by atoms with Gasteiger partial charge in [0.2, 0.25) is 0 Å². The maximum atomic E-state index is 12.3. The number of hydrogen-bond acceptors (Lipinski definition) is 4. The van der Waals surface area contributed by atoms with Crippen LogP contribution in [0.4, 0.5) is 0 Å². The smallest absolute Gasteiger partial charge is 0.274 e. The van der Waals surface area contributed by atoms with Crippen LogP contribution in [-0.4, -0.2) is 40.4 Å². The topological polar surface area (TPSA) is 58.1 Å². The van der Waals surface area contributed by atoms with Gasteiger partial charge in [-0.15, -0.1) is 0 Å². The van der Waals surface area contributed by atoms with E-state index in [4.69, 9.17) is 0 Å². The lowest BCUT2D eigenvalue weighted by Crippen LogP contribution is -2.38. The maximum Gasteiger partial charge on any atom is 0.274 e. The molecular formula is C15H22N4O. The van der Waals surface area contributed by atoms with Crippen molar-refractivity contribution in [2.75, 3.05) is 19.6 Å². The summed E-state index contributed by atoms with van der Waals surface area (Å²) in [6, 6.07) is 0.308. The van der Waals surface area contributed by atoms with Crippen molar-refractivity contribution < 1.29 is 4.79 Å². The summed E-state index contributed by atoms with van der Waals surface area (Å²) in [7, 11) is 0. The summed E-state index contributed by atoms with van der Waals surface area (Å²) in [5.41, 5.74) is 1.42. The number of aromatic nitrogens is 2. The first-order valence-corrected chi connectivity index (χ1v) is 7.58. The molecule has 2 saturated heterocycles. The molecule has 0 bridgehead atoms. The highest BCUT2D eigenvalue weighted by Crippen LogP contribution is 2.21. The Labute approximate surface area is 119 Å². The monoisotopic (exact) mass is 274 g/mol. The zero-order chi connectivity index (χ0) is 13.9. The first-order valence-electron chi connectivity index (χ1n) is 7.58. The molecule has 3 heterocycles. The molecule has 0 aliphatic carbocycles. The second kappa shape index (κ2) is 5.87. The molecule has 2 aliphatic rings. The highest BCUT2D eigenvalue weighted by Gasteiger charge is 2.23. The quantitative estimate of drug-likeness (QED) is 0.893. The number of rotatable bonds is 2. The minimum absolute atomic E-state index is 0.0235. The maximum absolute atomic E-state index is 12.3.